The average molecular weight is 260 g/mol. The molecule has 0 aliphatic carbocycles. The van der Waals surface area contributed by atoms with Crippen LogP contribution in [0.15, 0.2) is 49.6 Å². The fourth-order valence-corrected chi connectivity index (χ4v) is 1.47. The summed E-state index contributed by atoms with van der Waals surface area (Å²) >= 11 is 0. The van der Waals surface area contributed by atoms with Gasteiger partial charge in [0, 0.05) is 0 Å². The molecule has 0 saturated carbocycles. The van der Waals surface area contributed by atoms with E-state index in [4.69, 9.17) is 4.74 Å². The Hall–Kier alpha value is -1.76. The molecule has 0 unspecified atom stereocenters. The zero-order valence-corrected chi connectivity index (χ0v) is 13.3. The molecule has 2 aromatic carbocycles. The van der Waals surface area contributed by atoms with Crippen molar-refractivity contribution in [2.24, 2.45) is 0 Å². The first-order valence-corrected chi connectivity index (χ1v) is 6.84. The summed E-state index contributed by atoms with van der Waals surface area (Å²) < 4.78 is 5.15. The third kappa shape index (κ3) is 6.66. The van der Waals surface area contributed by atoms with Crippen LogP contribution in [0.4, 0.5) is 0 Å². The largest absolute Gasteiger partial charge is 0.497 e. The standard InChI is InChI=1S/C12H12O.2C2H6.C2H4/c1-9-3-4-11-8-12(13-2)6-5-10(11)7-9;3*1-2/h3-8H,1-2H3;2*1-2H3;1-2H2. The minimum absolute atomic E-state index is 0.913. The lowest BCUT2D eigenvalue weighted by Gasteiger charge is -2.02. The molecule has 0 heterocycles. The van der Waals surface area contributed by atoms with Crippen LogP contribution in [-0.4, -0.2) is 7.11 Å². The summed E-state index contributed by atoms with van der Waals surface area (Å²) in [6.07, 6.45) is 0. The molecular weight excluding hydrogens is 232 g/mol. The third-order valence-corrected chi connectivity index (χ3v) is 2.20. The van der Waals surface area contributed by atoms with E-state index < -0.39 is 0 Å². The van der Waals surface area contributed by atoms with Crippen molar-refractivity contribution in [1.82, 2.24) is 0 Å². The summed E-state index contributed by atoms with van der Waals surface area (Å²) in [5.74, 6) is 0.913. The first-order valence-electron chi connectivity index (χ1n) is 6.84. The zero-order chi connectivity index (χ0) is 15.3. The van der Waals surface area contributed by atoms with Gasteiger partial charge in [0.15, 0.2) is 0 Å². The van der Waals surface area contributed by atoms with Gasteiger partial charge in [-0.15, -0.1) is 13.2 Å². The van der Waals surface area contributed by atoms with Crippen molar-refractivity contribution >= 4 is 10.8 Å². The second-order valence-corrected chi connectivity index (χ2v) is 3.22. The van der Waals surface area contributed by atoms with Crippen molar-refractivity contribution in [3.63, 3.8) is 0 Å². The molecule has 0 radical (unpaired) electrons. The molecule has 1 heteroatoms. The van der Waals surface area contributed by atoms with Crippen LogP contribution in [0.1, 0.15) is 33.3 Å². The Morgan fingerprint density at radius 2 is 1.26 bits per heavy atom. The number of fused-ring (bicyclic) bond motifs is 1. The van der Waals surface area contributed by atoms with Crippen molar-refractivity contribution in [2.45, 2.75) is 34.6 Å². The van der Waals surface area contributed by atoms with Crippen molar-refractivity contribution in [1.29, 1.82) is 0 Å². The van der Waals surface area contributed by atoms with Crippen LogP contribution in [0.3, 0.4) is 0 Å². The summed E-state index contributed by atoms with van der Waals surface area (Å²) in [6, 6.07) is 12.5. The molecule has 19 heavy (non-hydrogen) atoms. The second kappa shape index (κ2) is 12.7. The Bertz CT molecular complexity index is 446. The molecule has 0 atom stereocenters. The Morgan fingerprint density at radius 1 is 0.789 bits per heavy atom. The van der Waals surface area contributed by atoms with Crippen LogP contribution in [0.5, 0.6) is 5.75 Å². The quantitative estimate of drug-likeness (QED) is 0.570. The second-order valence-electron chi connectivity index (χ2n) is 3.22. The number of ether oxygens (including phenoxy) is 1. The van der Waals surface area contributed by atoms with E-state index in [0.717, 1.165) is 5.75 Å². The van der Waals surface area contributed by atoms with E-state index in [1.165, 1.54) is 16.3 Å². The van der Waals surface area contributed by atoms with Gasteiger partial charge in [-0.3, -0.25) is 0 Å². The van der Waals surface area contributed by atoms with Crippen molar-refractivity contribution in [3.8, 4) is 5.75 Å². The highest BCUT2D eigenvalue weighted by Gasteiger charge is 1.95. The molecule has 1 nitrogen and oxygen atoms in total. The predicted molar refractivity (Wildman–Crippen MR) is 89.2 cm³/mol. The fourth-order valence-electron chi connectivity index (χ4n) is 1.47. The van der Waals surface area contributed by atoms with E-state index >= 15 is 0 Å². The first kappa shape index (κ1) is 19.6. The maximum absolute atomic E-state index is 5.15. The smallest absolute Gasteiger partial charge is 0.119 e. The highest BCUT2D eigenvalue weighted by atomic mass is 16.5. The molecule has 0 spiro atoms. The van der Waals surface area contributed by atoms with E-state index in [1.807, 2.05) is 33.8 Å². The minimum Gasteiger partial charge on any atom is -0.497 e. The normalized spacial score (nSPS) is 7.89. The molecule has 106 valence electrons. The predicted octanol–water partition coefficient (Wildman–Crippen LogP) is 6.01. The molecule has 0 N–H and O–H groups in total. The van der Waals surface area contributed by atoms with Gasteiger partial charge in [0.1, 0.15) is 5.75 Å². The van der Waals surface area contributed by atoms with E-state index in [-0.39, 0.29) is 0 Å². The Morgan fingerprint density at radius 3 is 1.79 bits per heavy atom. The maximum atomic E-state index is 5.15. The van der Waals surface area contributed by atoms with E-state index in [1.54, 1.807) is 7.11 Å². The topological polar surface area (TPSA) is 9.23 Å². The number of hydrogen-bond donors (Lipinski definition) is 0. The Labute approximate surface area is 118 Å². The van der Waals surface area contributed by atoms with Gasteiger partial charge in [0.2, 0.25) is 0 Å². The highest BCUT2D eigenvalue weighted by Crippen LogP contribution is 2.21. The van der Waals surface area contributed by atoms with Gasteiger partial charge in [-0.2, -0.15) is 0 Å². The molecular formula is C18H28O. The van der Waals surface area contributed by atoms with Gasteiger partial charge in [-0.1, -0.05) is 57.5 Å². The minimum atomic E-state index is 0.913. The Kier molecular flexibility index (Phi) is 13.1. The van der Waals surface area contributed by atoms with Gasteiger partial charge in [0.25, 0.3) is 0 Å². The molecule has 0 aliphatic rings. The summed E-state index contributed by atoms with van der Waals surface area (Å²) in [5, 5.41) is 2.49. The molecule has 0 aliphatic heterocycles. The van der Waals surface area contributed by atoms with Gasteiger partial charge in [0.05, 0.1) is 7.11 Å². The van der Waals surface area contributed by atoms with E-state index in [0.29, 0.717) is 0 Å². The van der Waals surface area contributed by atoms with Crippen LogP contribution in [0.25, 0.3) is 10.8 Å². The van der Waals surface area contributed by atoms with Gasteiger partial charge >= 0.3 is 0 Å². The maximum Gasteiger partial charge on any atom is 0.119 e. The first-order chi connectivity index (χ1) is 9.29. The number of rotatable bonds is 1. The van der Waals surface area contributed by atoms with Crippen molar-refractivity contribution < 1.29 is 4.74 Å². The van der Waals surface area contributed by atoms with Crippen molar-refractivity contribution in [3.05, 3.63) is 55.1 Å². The Balaban J connectivity index is 0. The molecule has 2 rings (SSSR count). The van der Waals surface area contributed by atoms with Crippen LogP contribution >= 0.6 is 0 Å². The molecule has 0 saturated heterocycles. The number of aryl methyl sites for hydroxylation is 1. The SMILES string of the molecule is C=C.CC.CC.COc1ccc2cc(C)ccc2c1. The van der Waals surface area contributed by atoms with Crippen LogP contribution in [0, 0.1) is 6.92 Å². The monoisotopic (exact) mass is 260 g/mol. The molecule has 2 aromatic rings. The third-order valence-electron chi connectivity index (χ3n) is 2.20. The molecule has 0 amide bonds. The fraction of sp³-hybridized carbons (Fsp3) is 0.333. The summed E-state index contributed by atoms with van der Waals surface area (Å²) in [6.45, 7) is 16.1. The van der Waals surface area contributed by atoms with Crippen LogP contribution in [0.2, 0.25) is 0 Å². The number of benzene rings is 2. The summed E-state index contributed by atoms with van der Waals surface area (Å²) in [5.41, 5.74) is 1.29. The van der Waals surface area contributed by atoms with E-state index in [2.05, 4.69) is 50.4 Å². The van der Waals surface area contributed by atoms with Crippen LogP contribution in [-0.2, 0) is 0 Å². The summed E-state index contributed by atoms with van der Waals surface area (Å²) in [7, 11) is 1.69. The van der Waals surface area contributed by atoms with Gasteiger partial charge < -0.3 is 4.74 Å². The van der Waals surface area contributed by atoms with Crippen LogP contribution < -0.4 is 4.74 Å². The summed E-state index contributed by atoms with van der Waals surface area (Å²) in [4.78, 5) is 0. The molecule has 0 aromatic heterocycles. The molecule has 0 fully saturated rings. The average Bonchev–Trinajstić information content (AvgIpc) is 2.52. The van der Waals surface area contributed by atoms with Gasteiger partial charge in [-0.05, 0) is 29.8 Å². The highest BCUT2D eigenvalue weighted by molar-refractivity contribution is 5.84. The lowest BCUT2D eigenvalue weighted by atomic mass is 10.1. The zero-order valence-electron chi connectivity index (χ0n) is 13.3. The number of methoxy groups -OCH3 is 1. The van der Waals surface area contributed by atoms with Crippen molar-refractivity contribution in [2.75, 3.05) is 7.11 Å². The van der Waals surface area contributed by atoms with Gasteiger partial charge in [-0.25, -0.2) is 0 Å². The lowest BCUT2D eigenvalue weighted by molar-refractivity contribution is 0.415. The lowest BCUT2D eigenvalue weighted by Crippen LogP contribution is -1.82. The molecule has 0 bridgehead atoms. The van der Waals surface area contributed by atoms with E-state index in [9.17, 15) is 0 Å². The number of hydrogen-bond acceptors (Lipinski definition) is 1.